The maximum absolute atomic E-state index is 12.5. The molecule has 10 nitrogen and oxygen atoms in total. The Labute approximate surface area is 201 Å². The van der Waals surface area contributed by atoms with Crippen LogP contribution in [0.25, 0.3) is 11.3 Å². The number of carbonyl (C=O) groups is 1. The van der Waals surface area contributed by atoms with Crippen molar-refractivity contribution in [3.8, 4) is 17.1 Å². The van der Waals surface area contributed by atoms with Crippen LogP contribution < -0.4 is 14.9 Å². The molecule has 0 saturated heterocycles. The van der Waals surface area contributed by atoms with E-state index < -0.39 is 15.9 Å². The van der Waals surface area contributed by atoms with Crippen LogP contribution in [0.4, 0.5) is 5.95 Å². The summed E-state index contributed by atoms with van der Waals surface area (Å²) in [5.74, 6) is 1.08. The molecule has 11 heteroatoms. The molecule has 1 amide bonds. The molecule has 2 aromatic heterocycles. The van der Waals surface area contributed by atoms with E-state index in [2.05, 4.69) is 25.2 Å². The highest BCUT2D eigenvalue weighted by Gasteiger charge is 2.16. The van der Waals surface area contributed by atoms with Gasteiger partial charge in [0.15, 0.2) is 6.61 Å². The fraction of sp³-hybridized carbons (Fsp3) is 0.0833. The first-order valence-corrected chi connectivity index (χ1v) is 11.9. The summed E-state index contributed by atoms with van der Waals surface area (Å²) in [4.78, 5) is 19.7. The van der Waals surface area contributed by atoms with Gasteiger partial charge in [0, 0.05) is 18.0 Å². The second-order valence-corrected chi connectivity index (χ2v) is 8.99. The summed E-state index contributed by atoms with van der Waals surface area (Å²) < 4.78 is 38.4. The summed E-state index contributed by atoms with van der Waals surface area (Å²) in [7, 11) is -3.83. The number of amides is 1. The van der Waals surface area contributed by atoms with Crippen LogP contribution in [0, 0.1) is 6.92 Å². The second kappa shape index (κ2) is 10.6. The van der Waals surface area contributed by atoms with Crippen LogP contribution in [0.1, 0.15) is 11.3 Å². The Morgan fingerprint density at radius 1 is 1.06 bits per heavy atom. The molecular formula is C24H21N5O5S. The number of furan rings is 1. The van der Waals surface area contributed by atoms with Crippen molar-refractivity contribution >= 4 is 28.1 Å². The van der Waals surface area contributed by atoms with Crippen LogP contribution >= 0.6 is 0 Å². The molecule has 2 heterocycles. The molecule has 35 heavy (non-hydrogen) atoms. The minimum absolute atomic E-state index is 0.0136. The molecule has 0 atom stereocenters. The van der Waals surface area contributed by atoms with E-state index in [0.717, 1.165) is 5.56 Å². The van der Waals surface area contributed by atoms with E-state index in [-0.39, 0.29) is 17.5 Å². The molecule has 0 aliphatic heterocycles. The van der Waals surface area contributed by atoms with Crippen molar-refractivity contribution in [3.05, 3.63) is 90.4 Å². The Bertz CT molecular complexity index is 1430. The molecule has 0 aliphatic rings. The van der Waals surface area contributed by atoms with E-state index in [1.54, 1.807) is 36.4 Å². The number of rotatable bonds is 9. The molecule has 178 valence electrons. The maximum atomic E-state index is 12.5. The van der Waals surface area contributed by atoms with Gasteiger partial charge < -0.3 is 9.15 Å². The molecular weight excluding hydrogens is 470 g/mol. The van der Waals surface area contributed by atoms with E-state index in [1.165, 1.54) is 30.7 Å². The number of aryl methyl sites for hydroxylation is 1. The number of hydrogen-bond donors (Lipinski definition) is 2. The van der Waals surface area contributed by atoms with E-state index in [4.69, 9.17) is 9.15 Å². The molecule has 4 rings (SSSR count). The van der Waals surface area contributed by atoms with Gasteiger partial charge in [-0.15, -0.1) is 0 Å². The van der Waals surface area contributed by atoms with Crippen LogP contribution in [0.15, 0.2) is 93.5 Å². The summed E-state index contributed by atoms with van der Waals surface area (Å²) in [5, 5.41) is 3.87. The van der Waals surface area contributed by atoms with Crippen molar-refractivity contribution in [1.29, 1.82) is 0 Å². The van der Waals surface area contributed by atoms with Gasteiger partial charge in [-0.05, 0) is 67.1 Å². The normalized spacial score (nSPS) is 11.3. The third-order valence-electron chi connectivity index (χ3n) is 4.61. The van der Waals surface area contributed by atoms with Gasteiger partial charge in [-0.1, -0.05) is 12.1 Å². The third kappa shape index (κ3) is 6.51. The molecule has 2 N–H and O–H groups in total. The minimum atomic E-state index is -3.83. The molecule has 0 radical (unpaired) electrons. The predicted molar refractivity (Wildman–Crippen MR) is 129 cm³/mol. The van der Waals surface area contributed by atoms with E-state index in [1.807, 2.05) is 25.1 Å². The van der Waals surface area contributed by atoms with Crippen molar-refractivity contribution in [2.75, 3.05) is 11.3 Å². The van der Waals surface area contributed by atoms with E-state index >= 15 is 0 Å². The maximum Gasteiger partial charge on any atom is 0.277 e. The summed E-state index contributed by atoms with van der Waals surface area (Å²) in [5.41, 5.74) is 4.06. The Morgan fingerprint density at radius 2 is 1.83 bits per heavy atom. The SMILES string of the molecule is Cc1cccc(OCC(=O)NN=Cc2ccc(-c3ccc(S(=O)(=O)Nc4ncccn4)cc3)o2)c1. The first-order chi connectivity index (χ1) is 16.9. The first kappa shape index (κ1) is 23.6. The summed E-state index contributed by atoms with van der Waals surface area (Å²) in [6.07, 6.45) is 4.24. The number of nitrogens with one attached hydrogen (secondary N) is 2. The van der Waals surface area contributed by atoms with Crippen LogP contribution in [-0.2, 0) is 14.8 Å². The van der Waals surface area contributed by atoms with Gasteiger partial charge >= 0.3 is 0 Å². The fourth-order valence-corrected chi connectivity index (χ4v) is 3.92. The Morgan fingerprint density at radius 3 is 2.57 bits per heavy atom. The Balaban J connectivity index is 1.32. The lowest BCUT2D eigenvalue weighted by molar-refractivity contribution is -0.123. The molecule has 0 saturated carbocycles. The molecule has 0 aliphatic carbocycles. The average Bonchev–Trinajstić information content (AvgIpc) is 3.32. The molecule has 0 bridgehead atoms. The topological polar surface area (TPSA) is 136 Å². The van der Waals surface area contributed by atoms with Crippen molar-refractivity contribution in [3.63, 3.8) is 0 Å². The van der Waals surface area contributed by atoms with Gasteiger partial charge in [-0.3, -0.25) is 4.79 Å². The van der Waals surface area contributed by atoms with Gasteiger partial charge in [-0.25, -0.2) is 28.5 Å². The lowest BCUT2D eigenvalue weighted by atomic mass is 10.2. The van der Waals surface area contributed by atoms with Gasteiger partial charge in [0.1, 0.15) is 17.3 Å². The van der Waals surface area contributed by atoms with E-state index in [9.17, 15) is 13.2 Å². The first-order valence-electron chi connectivity index (χ1n) is 10.4. The summed E-state index contributed by atoms with van der Waals surface area (Å²) in [6.45, 7) is 1.76. The van der Waals surface area contributed by atoms with Gasteiger partial charge in [0.2, 0.25) is 5.95 Å². The van der Waals surface area contributed by atoms with Crippen LogP contribution in [0.5, 0.6) is 5.75 Å². The van der Waals surface area contributed by atoms with Gasteiger partial charge in [0.05, 0.1) is 11.1 Å². The quantitative estimate of drug-likeness (QED) is 0.271. The molecule has 2 aromatic carbocycles. The number of ether oxygens (including phenoxy) is 1. The molecule has 4 aromatic rings. The van der Waals surface area contributed by atoms with Crippen molar-refractivity contribution in [1.82, 2.24) is 15.4 Å². The van der Waals surface area contributed by atoms with Crippen LogP contribution in [0.2, 0.25) is 0 Å². The van der Waals surface area contributed by atoms with Crippen LogP contribution in [0.3, 0.4) is 0 Å². The Hall–Kier alpha value is -4.51. The number of anilines is 1. The number of carbonyl (C=O) groups excluding carboxylic acids is 1. The van der Waals surface area contributed by atoms with Gasteiger partial charge in [-0.2, -0.15) is 5.10 Å². The van der Waals surface area contributed by atoms with Crippen molar-refractivity contribution in [2.45, 2.75) is 11.8 Å². The zero-order valence-corrected chi connectivity index (χ0v) is 19.4. The molecule has 0 spiro atoms. The second-order valence-electron chi connectivity index (χ2n) is 7.30. The fourth-order valence-electron chi connectivity index (χ4n) is 2.96. The lowest BCUT2D eigenvalue weighted by Gasteiger charge is -2.06. The third-order valence-corrected chi connectivity index (χ3v) is 5.95. The predicted octanol–water partition coefficient (Wildman–Crippen LogP) is 3.37. The Kier molecular flexibility index (Phi) is 7.17. The van der Waals surface area contributed by atoms with E-state index in [0.29, 0.717) is 22.8 Å². The number of aromatic nitrogens is 2. The lowest BCUT2D eigenvalue weighted by Crippen LogP contribution is -2.24. The summed E-state index contributed by atoms with van der Waals surface area (Å²) in [6, 6.07) is 18.5. The minimum Gasteiger partial charge on any atom is -0.484 e. The smallest absolute Gasteiger partial charge is 0.277 e. The highest BCUT2D eigenvalue weighted by molar-refractivity contribution is 7.92. The number of sulfonamides is 1. The number of hydrazone groups is 1. The summed E-state index contributed by atoms with van der Waals surface area (Å²) >= 11 is 0. The highest BCUT2D eigenvalue weighted by Crippen LogP contribution is 2.24. The zero-order valence-electron chi connectivity index (χ0n) is 18.6. The standard InChI is InChI=1S/C24H21N5O5S/c1-17-4-2-5-19(14-17)33-16-23(30)28-27-15-20-8-11-22(34-20)18-6-9-21(10-7-18)35(31,32)29-24-25-12-3-13-26-24/h2-15H,16H2,1H3,(H,28,30)(H,25,26,29). The number of nitrogens with zero attached hydrogens (tertiary/aromatic N) is 3. The zero-order chi connectivity index (χ0) is 24.7. The monoisotopic (exact) mass is 491 g/mol. The number of hydrogen-bond acceptors (Lipinski definition) is 8. The molecule has 0 fully saturated rings. The van der Waals surface area contributed by atoms with Gasteiger partial charge in [0.25, 0.3) is 15.9 Å². The van der Waals surface area contributed by atoms with Crippen molar-refractivity contribution in [2.24, 2.45) is 5.10 Å². The largest absolute Gasteiger partial charge is 0.484 e. The highest BCUT2D eigenvalue weighted by atomic mass is 32.2. The van der Waals surface area contributed by atoms with Crippen LogP contribution in [-0.4, -0.2) is 37.1 Å². The average molecular weight is 492 g/mol. The number of benzene rings is 2. The van der Waals surface area contributed by atoms with Crippen molar-refractivity contribution < 1.29 is 22.4 Å². The molecule has 0 unspecified atom stereocenters.